The molecule has 0 amide bonds. The molecule has 1 N–H and O–H groups in total. The van der Waals surface area contributed by atoms with E-state index in [2.05, 4.69) is 0 Å². The van der Waals surface area contributed by atoms with Gasteiger partial charge in [-0.2, -0.15) is 0 Å². The number of rotatable bonds is 0. The van der Waals surface area contributed by atoms with E-state index in [4.69, 9.17) is 5.11 Å². The average molecular weight is 267 g/mol. The van der Waals surface area contributed by atoms with E-state index < -0.39 is 0 Å². The van der Waals surface area contributed by atoms with E-state index in [1.165, 1.54) is 0 Å². The van der Waals surface area contributed by atoms with Crippen LogP contribution in [0.4, 0.5) is 0 Å². The Bertz CT molecular complexity index is 22.4. The minimum absolute atomic E-state index is 0.333. The number of hydrogen-bond acceptors (Lipinski definition) is 1. The Hall–Kier alpha value is 0.882. The molecule has 0 spiro atoms. The third kappa shape index (κ3) is 52.1. The van der Waals surface area contributed by atoms with Gasteiger partial charge in [0.25, 0.3) is 0 Å². The SMILES string of the molecule is C[C](C)(O)[PbH]. The fraction of sp³-hybridized carbons (Fsp3) is 1.00. The van der Waals surface area contributed by atoms with Crippen molar-refractivity contribution in [3.63, 3.8) is 0 Å². The molecule has 0 rings (SSSR count). The second-order valence-electron chi connectivity index (χ2n) is 1.65. The normalized spacial score (nSPS) is 12.0. The van der Waals surface area contributed by atoms with Gasteiger partial charge in [0.15, 0.2) is 0 Å². The van der Waals surface area contributed by atoms with Crippen molar-refractivity contribution in [2.75, 3.05) is 0 Å². The Morgan fingerprint density at radius 3 is 1.60 bits per heavy atom. The number of aliphatic hydroxyl groups is 1. The summed E-state index contributed by atoms with van der Waals surface area (Å²) in [6.45, 7) is 3.63. The molecule has 0 unspecified atom stereocenters. The molecule has 1 nitrogen and oxygen atoms in total. The van der Waals surface area contributed by atoms with Crippen LogP contribution in [-0.2, 0) is 0 Å². The third-order valence-electron chi connectivity index (χ3n) is 0. The molecule has 0 atom stereocenters. The Labute approximate surface area is 48.1 Å². The van der Waals surface area contributed by atoms with Gasteiger partial charge in [0.1, 0.15) is 0 Å². The first-order valence-corrected chi connectivity index (χ1v) is 3.76. The predicted molar refractivity (Wildman–Crippen MR) is 23.4 cm³/mol. The van der Waals surface area contributed by atoms with Crippen LogP contribution in [-0.4, -0.2) is 34.0 Å². The van der Waals surface area contributed by atoms with Gasteiger partial charge in [0, 0.05) is 0 Å². The van der Waals surface area contributed by atoms with E-state index in [9.17, 15) is 0 Å². The second-order valence-corrected chi connectivity index (χ2v) is 7.15. The third-order valence-corrected chi connectivity index (χ3v) is 0. The maximum absolute atomic E-state index is 8.59. The summed E-state index contributed by atoms with van der Waals surface area (Å²) in [5.41, 5.74) is 0. The zero-order valence-corrected chi connectivity index (χ0v) is 8.01. The monoisotopic (exact) mass is 268 g/mol. The molecule has 0 saturated heterocycles. The summed E-state index contributed by atoms with van der Waals surface area (Å²) in [6, 6.07) is 0. The van der Waals surface area contributed by atoms with Crippen molar-refractivity contribution in [3.8, 4) is 0 Å². The molecule has 0 bridgehead atoms. The van der Waals surface area contributed by atoms with Gasteiger partial charge < -0.3 is 0 Å². The first-order chi connectivity index (χ1) is 2.00. The van der Waals surface area contributed by atoms with E-state index in [1.54, 1.807) is 0 Å². The maximum atomic E-state index is 8.59. The van der Waals surface area contributed by atoms with Gasteiger partial charge in [-0.3, -0.25) is 0 Å². The van der Waals surface area contributed by atoms with Crippen LogP contribution in [0.5, 0.6) is 0 Å². The zero-order valence-electron chi connectivity index (χ0n) is 3.52. The predicted octanol–water partition coefficient (Wildman–Crippen LogP) is -0.384. The van der Waals surface area contributed by atoms with E-state index >= 15 is 0 Å². The van der Waals surface area contributed by atoms with Crippen LogP contribution >= 0.6 is 0 Å². The van der Waals surface area contributed by atoms with E-state index in [1.807, 2.05) is 13.8 Å². The summed E-state index contributed by atoms with van der Waals surface area (Å²) in [4.78, 5) is 0. The quantitative estimate of drug-likeness (QED) is 0.593. The van der Waals surface area contributed by atoms with E-state index in [0.717, 1.165) is 0 Å². The first-order valence-electron chi connectivity index (χ1n) is 1.51. The molecule has 2 heteroatoms. The van der Waals surface area contributed by atoms with Crippen LogP contribution in [0.15, 0.2) is 0 Å². The van der Waals surface area contributed by atoms with Gasteiger partial charge in [-0.05, 0) is 0 Å². The van der Waals surface area contributed by atoms with Crippen molar-refractivity contribution in [1.82, 2.24) is 0 Å². The van der Waals surface area contributed by atoms with Crippen molar-refractivity contribution < 1.29 is 5.11 Å². The van der Waals surface area contributed by atoms with Crippen LogP contribution in [0, 0.1) is 0 Å². The van der Waals surface area contributed by atoms with Crippen LogP contribution in [0.25, 0.3) is 0 Å². The first kappa shape index (κ1) is 5.88. The molecule has 0 aliphatic heterocycles. The van der Waals surface area contributed by atoms with Crippen molar-refractivity contribution in [2.24, 2.45) is 0 Å². The summed E-state index contributed by atoms with van der Waals surface area (Å²) < 4.78 is -0.333. The van der Waals surface area contributed by atoms with Gasteiger partial charge >= 0.3 is 47.9 Å². The Balaban J connectivity index is 3.02. The van der Waals surface area contributed by atoms with Crippen LogP contribution in [0.3, 0.4) is 0 Å². The molecule has 0 aliphatic carbocycles. The molecular weight excluding hydrogens is 259 g/mol. The molecule has 2 radical (unpaired) electrons. The van der Waals surface area contributed by atoms with Gasteiger partial charge in [-0.25, -0.2) is 0 Å². The molecule has 0 heterocycles. The molecular formula is C3H8OPb. The van der Waals surface area contributed by atoms with Crippen molar-refractivity contribution in [3.05, 3.63) is 0 Å². The topological polar surface area (TPSA) is 20.2 Å². The van der Waals surface area contributed by atoms with Gasteiger partial charge in [0.05, 0.1) is 0 Å². The summed E-state index contributed by atoms with van der Waals surface area (Å²) in [7, 11) is 0. The summed E-state index contributed by atoms with van der Waals surface area (Å²) in [5.74, 6) is 0. The molecule has 0 aromatic heterocycles. The summed E-state index contributed by atoms with van der Waals surface area (Å²) >= 11 is 0.687. The summed E-state index contributed by atoms with van der Waals surface area (Å²) in [5, 5.41) is 8.59. The van der Waals surface area contributed by atoms with E-state index in [-0.39, 0.29) is 3.16 Å². The van der Waals surface area contributed by atoms with Gasteiger partial charge in [0.2, 0.25) is 0 Å². The molecule has 0 aromatic carbocycles. The molecule has 5 heavy (non-hydrogen) atoms. The van der Waals surface area contributed by atoms with Crippen LogP contribution < -0.4 is 0 Å². The molecule has 0 fully saturated rings. The molecule has 0 aliphatic rings. The second kappa shape index (κ2) is 1.55. The van der Waals surface area contributed by atoms with Crippen LogP contribution in [0.1, 0.15) is 13.8 Å². The fourth-order valence-corrected chi connectivity index (χ4v) is 0. The Kier molecular flexibility index (Phi) is 1.83. The number of hydrogen-bond donors (Lipinski definition) is 1. The van der Waals surface area contributed by atoms with Crippen molar-refractivity contribution >= 4 is 25.8 Å². The average Bonchev–Trinajstić information content (AvgIpc) is 0.722. The summed E-state index contributed by atoms with van der Waals surface area (Å²) in [6.07, 6.45) is 0. The standard InChI is InChI=1S/C3H7O.Pb.H/c1-3(2)4;;/h4H,1-2H3;;. The fourth-order valence-electron chi connectivity index (χ4n) is 0. The van der Waals surface area contributed by atoms with Crippen LogP contribution in [0.2, 0.25) is 0 Å². The molecule has 0 saturated carbocycles. The van der Waals surface area contributed by atoms with E-state index in [0.29, 0.717) is 25.8 Å². The molecule has 30 valence electrons. The molecule has 0 aromatic rings. The van der Waals surface area contributed by atoms with Crippen molar-refractivity contribution in [1.29, 1.82) is 0 Å². The minimum atomic E-state index is -0.333. The Morgan fingerprint density at radius 1 is 1.60 bits per heavy atom. The Morgan fingerprint density at radius 2 is 1.60 bits per heavy atom. The van der Waals surface area contributed by atoms with Gasteiger partial charge in [-0.15, -0.1) is 0 Å². The zero-order chi connectivity index (χ0) is 4.50. The van der Waals surface area contributed by atoms with Gasteiger partial charge in [-0.1, -0.05) is 0 Å². The van der Waals surface area contributed by atoms with Crippen molar-refractivity contribution in [2.45, 2.75) is 17.0 Å².